The molecule has 0 atom stereocenters. The zero-order valence-corrected chi connectivity index (χ0v) is 11.5. The molecule has 0 bridgehead atoms. The number of rotatable bonds is 2. The van der Waals surface area contributed by atoms with Gasteiger partial charge in [-0.15, -0.1) is 0 Å². The summed E-state index contributed by atoms with van der Waals surface area (Å²) in [4.78, 5) is 0. The van der Waals surface area contributed by atoms with Crippen LogP contribution < -0.4 is 0 Å². The molecule has 3 aliphatic rings. The van der Waals surface area contributed by atoms with Crippen LogP contribution in [0.5, 0.6) is 0 Å². The van der Waals surface area contributed by atoms with Crippen molar-refractivity contribution in [3.8, 4) is 0 Å². The second kappa shape index (κ2) is 5.76. The lowest BCUT2D eigenvalue weighted by Crippen LogP contribution is -2.34. The first-order valence-electron chi connectivity index (χ1n) is 8.43. The topological polar surface area (TPSA) is 0 Å². The maximum Gasteiger partial charge on any atom is -0.0380 e. The summed E-state index contributed by atoms with van der Waals surface area (Å²) in [5.41, 5.74) is 0. The fourth-order valence-corrected chi connectivity index (χ4v) is 4.87. The Morgan fingerprint density at radius 1 is 0.353 bits per heavy atom. The molecule has 0 heteroatoms. The Morgan fingerprint density at radius 2 is 0.706 bits per heavy atom. The molecule has 0 aromatic heterocycles. The highest BCUT2D eigenvalue weighted by molar-refractivity contribution is 4.89. The van der Waals surface area contributed by atoms with Gasteiger partial charge < -0.3 is 0 Å². The molecular weight excluding hydrogens is 204 g/mol. The second-order valence-electron chi connectivity index (χ2n) is 7.14. The van der Waals surface area contributed by atoms with Crippen LogP contribution in [0.4, 0.5) is 0 Å². The van der Waals surface area contributed by atoms with Crippen molar-refractivity contribution in [3.05, 3.63) is 0 Å². The summed E-state index contributed by atoms with van der Waals surface area (Å²) in [6.07, 6.45) is 20.2. The molecule has 0 unspecified atom stereocenters. The Bertz CT molecular complexity index is 212. The Balaban J connectivity index is 1.43. The van der Waals surface area contributed by atoms with Crippen LogP contribution >= 0.6 is 0 Å². The van der Waals surface area contributed by atoms with Crippen molar-refractivity contribution in [1.29, 1.82) is 0 Å². The van der Waals surface area contributed by atoms with Gasteiger partial charge in [0.1, 0.15) is 0 Å². The van der Waals surface area contributed by atoms with E-state index in [9.17, 15) is 0 Å². The molecule has 3 aliphatic carbocycles. The van der Waals surface area contributed by atoms with Crippen LogP contribution in [-0.2, 0) is 0 Å². The Kier molecular flexibility index (Phi) is 4.08. The summed E-state index contributed by atoms with van der Waals surface area (Å²) < 4.78 is 0. The van der Waals surface area contributed by atoms with Gasteiger partial charge in [-0.1, -0.05) is 70.6 Å². The van der Waals surface area contributed by atoms with Crippen molar-refractivity contribution in [2.24, 2.45) is 23.7 Å². The molecule has 0 nitrogen and oxygen atoms in total. The van der Waals surface area contributed by atoms with Crippen LogP contribution in [0.15, 0.2) is 0 Å². The predicted molar refractivity (Wildman–Crippen MR) is 74.0 cm³/mol. The third-order valence-electron chi connectivity index (χ3n) is 6.09. The zero-order valence-electron chi connectivity index (χ0n) is 11.5. The SMILES string of the molecule is C1CCCC(C2CC(C3CCCC3)C2)CCC1. The van der Waals surface area contributed by atoms with Crippen LogP contribution in [0.1, 0.15) is 83.5 Å². The van der Waals surface area contributed by atoms with Gasteiger partial charge in [-0.2, -0.15) is 0 Å². The van der Waals surface area contributed by atoms with E-state index in [1.54, 1.807) is 38.5 Å². The highest BCUT2D eigenvalue weighted by Crippen LogP contribution is 2.50. The largest absolute Gasteiger partial charge is 0.0533 e. The minimum atomic E-state index is 1.13. The maximum atomic E-state index is 1.62. The molecule has 0 spiro atoms. The van der Waals surface area contributed by atoms with E-state index in [0.29, 0.717) is 0 Å². The molecule has 0 saturated heterocycles. The smallest absolute Gasteiger partial charge is 0.0380 e. The van der Waals surface area contributed by atoms with Crippen molar-refractivity contribution >= 4 is 0 Å². The van der Waals surface area contributed by atoms with Crippen LogP contribution in [0.2, 0.25) is 0 Å². The molecule has 3 fully saturated rings. The van der Waals surface area contributed by atoms with E-state index < -0.39 is 0 Å². The summed E-state index contributed by atoms with van der Waals surface area (Å²) in [5.74, 6) is 4.60. The highest BCUT2D eigenvalue weighted by atomic mass is 14.4. The Labute approximate surface area is 108 Å². The normalized spacial score (nSPS) is 37.4. The third-order valence-corrected chi connectivity index (χ3v) is 6.09. The van der Waals surface area contributed by atoms with Crippen LogP contribution in [0, 0.1) is 23.7 Å². The van der Waals surface area contributed by atoms with E-state index in [1.165, 1.54) is 44.9 Å². The van der Waals surface area contributed by atoms with Gasteiger partial charge in [0.05, 0.1) is 0 Å². The van der Waals surface area contributed by atoms with Gasteiger partial charge in [0.2, 0.25) is 0 Å². The monoisotopic (exact) mass is 234 g/mol. The van der Waals surface area contributed by atoms with Crippen LogP contribution in [0.3, 0.4) is 0 Å². The molecule has 0 aromatic carbocycles. The van der Waals surface area contributed by atoms with Gasteiger partial charge >= 0.3 is 0 Å². The summed E-state index contributed by atoms with van der Waals surface area (Å²) in [6, 6.07) is 0. The van der Waals surface area contributed by atoms with E-state index in [4.69, 9.17) is 0 Å². The molecule has 0 heterocycles. The average Bonchev–Trinajstić information content (AvgIpc) is 2.71. The first-order chi connectivity index (χ1) is 8.43. The van der Waals surface area contributed by atoms with Gasteiger partial charge in [0, 0.05) is 0 Å². The third kappa shape index (κ3) is 2.88. The molecule has 0 amide bonds. The van der Waals surface area contributed by atoms with E-state index in [1.807, 2.05) is 0 Å². The molecular formula is C17H30. The summed E-state index contributed by atoms with van der Waals surface area (Å²) in [5, 5.41) is 0. The molecule has 3 rings (SSSR count). The van der Waals surface area contributed by atoms with E-state index >= 15 is 0 Å². The molecule has 17 heavy (non-hydrogen) atoms. The first-order valence-corrected chi connectivity index (χ1v) is 8.43. The predicted octanol–water partition coefficient (Wildman–Crippen LogP) is 5.56. The van der Waals surface area contributed by atoms with Crippen molar-refractivity contribution in [2.75, 3.05) is 0 Å². The van der Waals surface area contributed by atoms with Gasteiger partial charge in [-0.25, -0.2) is 0 Å². The molecule has 3 saturated carbocycles. The van der Waals surface area contributed by atoms with Crippen molar-refractivity contribution in [3.63, 3.8) is 0 Å². The van der Waals surface area contributed by atoms with Crippen molar-refractivity contribution in [2.45, 2.75) is 83.5 Å². The molecule has 0 radical (unpaired) electrons. The van der Waals surface area contributed by atoms with Crippen LogP contribution in [-0.4, -0.2) is 0 Å². The minimum absolute atomic E-state index is 1.13. The van der Waals surface area contributed by atoms with E-state index in [-0.39, 0.29) is 0 Å². The number of hydrogen-bond acceptors (Lipinski definition) is 0. The number of hydrogen-bond donors (Lipinski definition) is 0. The molecule has 98 valence electrons. The average molecular weight is 234 g/mol. The lowest BCUT2D eigenvalue weighted by Gasteiger charge is -2.44. The van der Waals surface area contributed by atoms with Gasteiger partial charge in [-0.3, -0.25) is 0 Å². The highest BCUT2D eigenvalue weighted by Gasteiger charge is 2.39. The lowest BCUT2D eigenvalue weighted by atomic mass is 9.61. The fourth-order valence-electron chi connectivity index (χ4n) is 4.87. The Hall–Kier alpha value is 0. The standard InChI is InChI=1S/C17H30/c1-2-4-8-14(9-5-3-1)16-12-17(13-16)15-10-6-7-11-15/h14-17H,1-13H2. The zero-order chi connectivity index (χ0) is 11.5. The minimum Gasteiger partial charge on any atom is -0.0533 e. The van der Waals surface area contributed by atoms with Gasteiger partial charge in [-0.05, 0) is 36.5 Å². The van der Waals surface area contributed by atoms with Crippen molar-refractivity contribution < 1.29 is 0 Å². The molecule has 0 N–H and O–H groups in total. The van der Waals surface area contributed by atoms with E-state index in [2.05, 4.69) is 0 Å². The molecule has 0 aliphatic heterocycles. The van der Waals surface area contributed by atoms with Gasteiger partial charge in [0.25, 0.3) is 0 Å². The lowest BCUT2D eigenvalue weighted by molar-refractivity contribution is 0.0651. The van der Waals surface area contributed by atoms with E-state index in [0.717, 1.165) is 23.7 Å². The summed E-state index contributed by atoms with van der Waals surface area (Å²) >= 11 is 0. The van der Waals surface area contributed by atoms with Gasteiger partial charge in [0.15, 0.2) is 0 Å². The quantitative estimate of drug-likeness (QED) is 0.586. The second-order valence-corrected chi connectivity index (χ2v) is 7.14. The van der Waals surface area contributed by atoms with Crippen molar-refractivity contribution in [1.82, 2.24) is 0 Å². The first kappa shape index (κ1) is 12.1. The Morgan fingerprint density at radius 3 is 1.18 bits per heavy atom. The fraction of sp³-hybridized carbons (Fsp3) is 1.00. The maximum absolute atomic E-state index is 1.62. The molecule has 0 aromatic rings. The summed E-state index contributed by atoms with van der Waals surface area (Å²) in [7, 11) is 0. The summed E-state index contributed by atoms with van der Waals surface area (Å²) in [6.45, 7) is 0. The van der Waals surface area contributed by atoms with Crippen LogP contribution in [0.25, 0.3) is 0 Å².